The molecule has 0 unspecified atom stereocenters. The minimum Gasteiger partial charge on any atom is -0.299 e. The van der Waals surface area contributed by atoms with E-state index >= 15 is 0 Å². The third-order valence-electron chi connectivity index (χ3n) is 1.90. The molecule has 64 valence electrons. The maximum absolute atomic E-state index is 11.1. The fourth-order valence-electron chi connectivity index (χ4n) is 0.551. The molecule has 0 aliphatic carbocycles. The molecule has 0 N–H and O–H groups in total. The molecule has 0 bridgehead atoms. The van der Waals surface area contributed by atoms with E-state index in [1.807, 2.05) is 13.8 Å². The summed E-state index contributed by atoms with van der Waals surface area (Å²) in [5, 5.41) is 0. The highest BCUT2D eigenvalue weighted by Crippen LogP contribution is 2.33. The van der Waals surface area contributed by atoms with Crippen molar-refractivity contribution in [2.75, 3.05) is 5.75 Å². The number of ketones is 1. The van der Waals surface area contributed by atoms with Gasteiger partial charge in [-0.25, -0.2) is 0 Å². The second-order valence-electron chi connectivity index (χ2n) is 3.04. The smallest absolute Gasteiger partial charge is 0.140 e. The molecular formula is C9H16OS. The molecule has 1 nitrogen and oxygen atoms in total. The predicted molar refractivity (Wildman–Crippen MR) is 51.7 cm³/mol. The van der Waals surface area contributed by atoms with Crippen LogP contribution < -0.4 is 0 Å². The third kappa shape index (κ3) is 2.70. The van der Waals surface area contributed by atoms with E-state index in [9.17, 15) is 4.79 Å². The first kappa shape index (κ1) is 10.8. The van der Waals surface area contributed by atoms with Gasteiger partial charge in [0.1, 0.15) is 5.78 Å². The average molecular weight is 172 g/mol. The summed E-state index contributed by atoms with van der Waals surface area (Å²) in [6, 6.07) is 0. The Morgan fingerprint density at radius 2 is 2.00 bits per heavy atom. The van der Waals surface area contributed by atoms with Crippen LogP contribution in [-0.4, -0.2) is 11.5 Å². The van der Waals surface area contributed by atoms with Crippen molar-refractivity contribution in [3.05, 3.63) is 11.5 Å². The van der Waals surface area contributed by atoms with Gasteiger partial charge in [-0.05, 0) is 31.4 Å². The summed E-state index contributed by atoms with van der Waals surface area (Å²) in [5.41, 5.74) is -0.360. The lowest BCUT2D eigenvalue weighted by molar-refractivity contribution is -0.122. The Bertz CT molecular complexity index is 170. The minimum atomic E-state index is -0.360. The van der Waals surface area contributed by atoms with Crippen LogP contribution >= 0.6 is 11.8 Å². The average Bonchev–Trinajstić information content (AvgIpc) is 1.88. The minimum absolute atomic E-state index is 0.184. The van der Waals surface area contributed by atoms with Crippen molar-refractivity contribution in [2.45, 2.75) is 27.7 Å². The molecule has 11 heavy (non-hydrogen) atoms. The fourth-order valence-corrected chi connectivity index (χ4v) is 1.40. The molecule has 0 radical (unpaired) electrons. The molecule has 0 atom stereocenters. The van der Waals surface area contributed by atoms with Crippen LogP contribution in [0.15, 0.2) is 11.5 Å². The van der Waals surface area contributed by atoms with Crippen LogP contribution in [0.2, 0.25) is 0 Å². The molecule has 0 saturated carbocycles. The topological polar surface area (TPSA) is 17.1 Å². The summed E-state index contributed by atoms with van der Waals surface area (Å²) in [6.45, 7) is 11.4. The first-order valence-corrected chi connectivity index (χ1v) is 4.74. The summed E-state index contributed by atoms with van der Waals surface area (Å²) in [5.74, 6) is 1.17. The third-order valence-corrected chi connectivity index (χ3v) is 3.04. The maximum atomic E-state index is 11.1. The first-order valence-electron chi connectivity index (χ1n) is 3.76. The van der Waals surface area contributed by atoms with Gasteiger partial charge in [-0.1, -0.05) is 13.5 Å². The van der Waals surface area contributed by atoms with Crippen LogP contribution in [0.25, 0.3) is 0 Å². The number of Topliss-reactive ketones (excluding diaryl/α,β-unsaturated/α-hetero) is 1. The monoisotopic (exact) mass is 172 g/mol. The van der Waals surface area contributed by atoms with Crippen molar-refractivity contribution in [1.29, 1.82) is 0 Å². The van der Waals surface area contributed by atoms with Crippen LogP contribution in [0.4, 0.5) is 0 Å². The molecule has 0 heterocycles. The zero-order valence-corrected chi connectivity index (χ0v) is 8.55. The number of carbonyl (C=O) groups excluding carboxylic acids is 1. The lowest BCUT2D eigenvalue weighted by atomic mass is 9.89. The van der Waals surface area contributed by atoms with Crippen molar-refractivity contribution in [3.63, 3.8) is 0 Å². The van der Waals surface area contributed by atoms with E-state index in [0.29, 0.717) is 0 Å². The molecule has 0 aromatic heterocycles. The van der Waals surface area contributed by atoms with E-state index < -0.39 is 0 Å². The Balaban J connectivity index is 4.30. The highest BCUT2D eigenvalue weighted by Gasteiger charge is 2.26. The summed E-state index contributed by atoms with van der Waals surface area (Å²) < 4.78 is 0. The summed E-state index contributed by atoms with van der Waals surface area (Å²) in [4.78, 5) is 12.1. The van der Waals surface area contributed by atoms with E-state index in [2.05, 4.69) is 13.5 Å². The van der Waals surface area contributed by atoms with Gasteiger partial charge in [-0.3, -0.25) is 4.79 Å². The van der Waals surface area contributed by atoms with Crippen molar-refractivity contribution in [1.82, 2.24) is 0 Å². The highest BCUT2D eigenvalue weighted by atomic mass is 32.2. The van der Waals surface area contributed by atoms with Gasteiger partial charge in [-0.2, -0.15) is 0 Å². The second kappa shape index (κ2) is 3.96. The molecule has 2 heteroatoms. The molecular weight excluding hydrogens is 156 g/mol. The van der Waals surface area contributed by atoms with Crippen molar-refractivity contribution < 1.29 is 4.79 Å². The molecule has 0 rings (SSSR count). The number of thioether (sulfide) groups is 1. The number of rotatable bonds is 4. The van der Waals surface area contributed by atoms with Gasteiger partial charge in [0, 0.05) is 0 Å². The molecule has 0 spiro atoms. The molecule has 0 fully saturated rings. The fraction of sp³-hybridized carbons (Fsp3) is 0.667. The normalized spacial score (nSPS) is 11.3. The summed E-state index contributed by atoms with van der Waals surface area (Å²) in [7, 11) is 0. The Morgan fingerprint density at radius 3 is 2.27 bits per heavy atom. The van der Waals surface area contributed by atoms with E-state index in [-0.39, 0.29) is 11.2 Å². The molecule has 0 aliphatic rings. The van der Waals surface area contributed by atoms with Gasteiger partial charge in [0.2, 0.25) is 0 Å². The SMILES string of the molecule is C=C(SCC)C(C)(C)C(C)=O. The summed E-state index contributed by atoms with van der Waals surface area (Å²) in [6.07, 6.45) is 0. The number of allylic oxidation sites excluding steroid dienone is 1. The number of hydrogen-bond acceptors (Lipinski definition) is 2. The van der Waals surface area contributed by atoms with Gasteiger partial charge in [0.15, 0.2) is 0 Å². The van der Waals surface area contributed by atoms with E-state index in [4.69, 9.17) is 0 Å². The Labute approximate surface area is 73.3 Å². The molecule has 0 aliphatic heterocycles. The zero-order valence-electron chi connectivity index (χ0n) is 7.73. The Kier molecular flexibility index (Phi) is 3.87. The van der Waals surface area contributed by atoms with Gasteiger partial charge in [0.25, 0.3) is 0 Å². The maximum Gasteiger partial charge on any atom is 0.140 e. The zero-order chi connectivity index (χ0) is 9.07. The number of hydrogen-bond donors (Lipinski definition) is 0. The van der Waals surface area contributed by atoms with Crippen molar-refractivity contribution >= 4 is 17.5 Å². The van der Waals surface area contributed by atoms with Crippen LogP contribution in [0.3, 0.4) is 0 Å². The van der Waals surface area contributed by atoms with Gasteiger partial charge >= 0.3 is 0 Å². The summed E-state index contributed by atoms with van der Waals surface area (Å²) >= 11 is 1.65. The Hall–Kier alpha value is -0.240. The van der Waals surface area contributed by atoms with Gasteiger partial charge in [-0.15, -0.1) is 11.8 Å². The van der Waals surface area contributed by atoms with Gasteiger partial charge in [0.05, 0.1) is 5.41 Å². The quantitative estimate of drug-likeness (QED) is 0.648. The molecule has 0 aromatic carbocycles. The van der Waals surface area contributed by atoms with E-state index in [1.54, 1.807) is 18.7 Å². The largest absolute Gasteiger partial charge is 0.299 e. The van der Waals surface area contributed by atoms with Crippen LogP contribution in [-0.2, 0) is 4.79 Å². The predicted octanol–water partition coefficient (Wildman–Crippen LogP) is 2.87. The first-order chi connectivity index (χ1) is 4.92. The Morgan fingerprint density at radius 1 is 1.55 bits per heavy atom. The van der Waals surface area contributed by atoms with E-state index in [0.717, 1.165) is 10.7 Å². The van der Waals surface area contributed by atoms with Crippen molar-refractivity contribution in [3.8, 4) is 0 Å². The van der Waals surface area contributed by atoms with Crippen LogP contribution in [0.5, 0.6) is 0 Å². The van der Waals surface area contributed by atoms with Crippen LogP contribution in [0.1, 0.15) is 27.7 Å². The highest BCUT2D eigenvalue weighted by molar-refractivity contribution is 8.03. The van der Waals surface area contributed by atoms with Crippen molar-refractivity contribution in [2.24, 2.45) is 5.41 Å². The standard InChI is InChI=1S/C9H16OS/c1-6-11-8(3)9(4,5)7(2)10/h3,6H2,1-2,4-5H3. The lowest BCUT2D eigenvalue weighted by Gasteiger charge is -2.22. The molecule has 0 saturated heterocycles. The van der Waals surface area contributed by atoms with E-state index in [1.165, 1.54) is 0 Å². The van der Waals surface area contributed by atoms with Crippen LogP contribution in [0, 0.1) is 5.41 Å². The lowest BCUT2D eigenvalue weighted by Crippen LogP contribution is -2.22. The number of carbonyl (C=O) groups is 1. The molecule has 0 aromatic rings. The second-order valence-corrected chi connectivity index (χ2v) is 4.40. The molecule has 0 amide bonds. The van der Waals surface area contributed by atoms with Gasteiger partial charge < -0.3 is 0 Å².